The van der Waals surface area contributed by atoms with Gasteiger partial charge in [-0.25, -0.2) is 17.6 Å². The van der Waals surface area contributed by atoms with Crippen LogP contribution in [0, 0.1) is 5.82 Å². The Morgan fingerprint density at radius 3 is 2.45 bits per heavy atom. The Morgan fingerprint density at radius 2 is 1.97 bits per heavy atom. The van der Waals surface area contributed by atoms with Crippen molar-refractivity contribution in [2.45, 2.75) is 43.0 Å². The predicted octanol–water partition coefficient (Wildman–Crippen LogP) is 0.786. The summed E-state index contributed by atoms with van der Waals surface area (Å²) in [4.78, 5) is 22.8. The van der Waals surface area contributed by atoms with Crippen LogP contribution in [0.5, 0.6) is 0 Å². The van der Waals surface area contributed by atoms with E-state index in [1.807, 2.05) is 0 Å². The number of esters is 1. The Morgan fingerprint density at radius 1 is 1.34 bits per heavy atom. The molecule has 1 aliphatic heterocycles. The number of ether oxygens (including phenoxy) is 3. The molecule has 0 saturated carbocycles. The van der Waals surface area contributed by atoms with E-state index in [9.17, 15) is 35.6 Å². The lowest BCUT2D eigenvalue weighted by Gasteiger charge is -2.22. The molecule has 1 aromatic rings. The third-order valence-electron chi connectivity index (χ3n) is 3.60. The highest BCUT2D eigenvalue weighted by atomic mass is 32.2. The van der Waals surface area contributed by atoms with Gasteiger partial charge in [0, 0.05) is 0 Å². The number of hydrogen-bond donors (Lipinski definition) is 2. The molecule has 162 valence electrons. The zero-order valence-corrected chi connectivity index (χ0v) is 15.8. The Hall–Kier alpha value is -2.29. The molecule has 14 heteroatoms. The van der Waals surface area contributed by atoms with Gasteiger partial charge in [0.05, 0.1) is 17.1 Å². The maximum Gasteiger partial charge on any atom is 0.470 e. The fraction of sp³-hybridized carbons (Fsp3) is 0.467. The molecule has 1 saturated heterocycles. The summed E-state index contributed by atoms with van der Waals surface area (Å²) >= 11 is 0. The van der Waals surface area contributed by atoms with Crippen LogP contribution in [-0.2, 0) is 29.0 Å². The van der Waals surface area contributed by atoms with Crippen LogP contribution in [0.3, 0.4) is 0 Å². The number of primary amides is 1. The van der Waals surface area contributed by atoms with E-state index in [0.717, 1.165) is 0 Å². The molecule has 1 aliphatic rings. The van der Waals surface area contributed by atoms with E-state index in [1.165, 1.54) is 13.8 Å². The third kappa shape index (κ3) is 5.85. The summed E-state index contributed by atoms with van der Waals surface area (Å²) < 4.78 is 90.2. The predicted molar refractivity (Wildman–Crippen MR) is 86.1 cm³/mol. The molecule has 1 amide bonds. The molecule has 2 atom stereocenters. The van der Waals surface area contributed by atoms with Crippen LogP contribution in [0.1, 0.15) is 24.2 Å². The molecule has 0 radical (unpaired) electrons. The maximum atomic E-state index is 14.0. The van der Waals surface area contributed by atoms with Crippen LogP contribution in [-0.4, -0.2) is 51.2 Å². The molecular weight excluding hydrogens is 428 g/mol. The van der Waals surface area contributed by atoms with Crippen LogP contribution < -0.4 is 10.5 Å². The second-order valence-corrected chi connectivity index (χ2v) is 8.02. The van der Waals surface area contributed by atoms with Crippen molar-refractivity contribution < 1.29 is 49.8 Å². The maximum absolute atomic E-state index is 14.0. The van der Waals surface area contributed by atoms with Crippen LogP contribution in [0.2, 0.25) is 0 Å². The van der Waals surface area contributed by atoms with Gasteiger partial charge >= 0.3 is 12.3 Å². The first-order valence-corrected chi connectivity index (χ1v) is 9.32. The smallest absolute Gasteiger partial charge is 0.446 e. The van der Waals surface area contributed by atoms with Gasteiger partial charge in [0.1, 0.15) is 11.9 Å². The number of hydrogen-bond acceptors (Lipinski definition) is 7. The SMILES string of the molecule is CC1(C)OCC(C(OC(=O)c2cc(S(=O)(=O)NC(F)(F)F)ccc2F)C(N)=O)O1. The highest BCUT2D eigenvalue weighted by Gasteiger charge is 2.42. The standard InChI is InChI=1S/C15H16F4N2O7S/c1-14(2)26-6-10(28-14)11(12(20)22)27-13(23)8-5-7(3-4-9(8)16)29(24,25)21-15(17,18)19/h3-5,10-11,21H,6H2,1-2H3,(H2,20,22). The number of benzene rings is 1. The van der Waals surface area contributed by atoms with Gasteiger partial charge in [-0.15, -0.1) is 4.72 Å². The number of halogens is 4. The Balaban J connectivity index is 2.29. The van der Waals surface area contributed by atoms with Crippen molar-refractivity contribution in [2.24, 2.45) is 5.73 Å². The first-order chi connectivity index (χ1) is 13.1. The van der Waals surface area contributed by atoms with Crippen LogP contribution >= 0.6 is 0 Å². The Bertz CT molecular complexity index is 918. The highest BCUT2D eigenvalue weighted by Crippen LogP contribution is 2.26. The molecule has 1 fully saturated rings. The molecular formula is C15H16F4N2O7S. The van der Waals surface area contributed by atoms with Gasteiger partial charge in [0.2, 0.25) is 16.1 Å². The van der Waals surface area contributed by atoms with Gasteiger partial charge in [0.25, 0.3) is 5.91 Å². The van der Waals surface area contributed by atoms with Gasteiger partial charge in [0.15, 0.2) is 5.79 Å². The third-order valence-corrected chi connectivity index (χ3v) is 4.98. The van der Waals surface area contributed by atoms with Gasteiger partial charge in [-0.05, 0) is 32.0 Å². The van der Waals surface area contributed by atoms with E-state index in [2.05, 4.69) is 0 Å². The molecule has 1 aromatic carbocycles. The van der Waals surface area contributed by atoms with E-state index in [-0.39, 0.29) is 6.61 Å². The van der Waals surface area contributed by atoms with Gasteiger partial charge in [-0.3, -0.25) is 4.79 Å². The monoisotopic (exact) mass is 444 g/mol. The van der Waals surface area contributed by atoms with E-state index in [1.54, 1.807) is 0 Å². The lowest BCUT2D eigenvalue weighted by molar-refractivity contribution is -0.158. The summed E-state index contributed by atoms with van der Waals surface area (Å²) in [5.41, 5.74) is 4.13. The minimum atomic E-state index is -5.29. The molecule has 29 heavy (non-hydrogen) atoms. The summed E-state index contributed by atoms with van der Waals surface area (Å²) in [7, 11) is -5.15. The molecule has 0 aliphatic carbocycles. The summed E-state index contributed by atoms with van der Waals surface area (Å²) in [6, 6.07) is 1.31. The number of amides is 1. The van der Waals surface area contributed by atoms with E-state index in [0.29, 0.717) is 22.9 Å². The largest absolute Gasteiger partial charge is 0.470 e. The molecule has 1 heterocycles. The summed E-state index contributed by atoms with van der Waals surface area (Å²) in [5.74, 6) is -5.11. The van der Waals surface area contributed by atoms with Gasteiger partial charge in [-0.1, -0.05) is 0 Å². The number of carbonyl (C=O) groups excluding carboxylic acids is 2. The number of alkyl halides is 3. The fourth-order valence-electron chi connectivity index (χ4n) is 2.40. The van der Waals surface area contributed by atoms with Crippen LogP contribution in [0.25, 0.3) is 0 Å². The molecule has 2 unspecified atom stereocenters. The minimum Gasteiger partial charge on any atom is -0.446 e. The molecule has 9 nitrogen and oxygen atoms in total. The van der Waals surface area contributed by atoms with Crippen LogP contribution in [0.4, 0.5) is 17.6 Å². The van der Waals surface area contributed by atoms with E-state index < -0.39 is 62.5 Å². The van der Waals surface area contributed by atoms with Crippen molar-refractivity contribution in [3.63, 3.8) is 0 Å². The van der Waals surface area contributed by atoms with Crippen molar-refractivity contribution in [1.82, 2.24) is 4.72 Å². The Kier molecular flexibility index (Phi) is 6.23. The van der Waals surface area contributed by atoms with Crippen molar-refractivity contribution in [3.8, 4) is 0 Å². The second-order valence-electron chi connectivity index (χ2n) is 6.34. The van der Waals surface area contributed by atoms with Crippen molar-refractivity contribution >= 4 is 21.9 Å². The summed E-state index contributed by atoms with van der Waals surface area (Å²) in [5, 5.41) is 0. The molecule has 0 bridgehead atoms. The quantitative estimate of drug-likeness (QED) is 0.376. The number of sulfonamides is 1. The Labute approximate surface area is 162 Å². The minimum absolute atomic E-state index is 0.194. The normalized spacial score (nSPS) is 20.3. The first kappa shape index (κ1) is 23.0. The number of carbonyl (C=O) groups is 2. The highest BCUT2D eigenvalue weighted by molar-refractivity contribution is 7.89. The van der Waals surface area contributed by atoms with E-state index in [4.69, 9.17) is 19.9 Å². The second kappa shape index (κ2) is 7.85. The zero-order valence-electron chi connectivity index (χ0n) is 14.9. The molecule has 3 N–H and O–H groups in total. The van der Waals surface area contributed by atoms with Crippen LogP contribution in [0.15, 0.2) is 23.1 Å². The molecule has 0 spiro atoms. The summed E-state index contributed by atoms with van der Waals surface area (Å²) in [6.07, 6.45) is -8.15. The molecule has 2 rings (SSSR count). The van der Waals surface area contributed by atoms with E-state index >= 15 is 0 Å². The topological polar surface area (TPSA) is 134 Å². The lowest BCUT2D eigenvalue weighted by atomic mass is 10.2. The number of nitrogens with two attached hydrogens (primary N) is 1. The van der Waals surface area contributed by atoms with Gasteiger partial charge < -0.3 is 19.9 Å². The lowest BCUT2D eigenvalue weighted by Crippen LogP contribution is -2.44. The number of rotatable bonds is 6. The summed E-state index contributed by atoms with van der Waals surface area (Å²) in [6.45, 7) is 2.82. The number of nitrogens with one attached hydrogen (secondary N) is 1. The van der Waals surface area contributed by atoms with Gasteiger partial charge in [-0.2, -0.15) is 13.2 Å². The fourth-order valence-corrected chi connectivity index (χ4v) is 3.34. The average Bonchev–Trinajstić information content (AvgIpc) is 2.89. The van der Waals surface area contributed by atoms with Crippen molar-refractivity contribution in [3.05, 3.63) is 29.6 Å². The average molecular weight is 444 g/mol. The van der Waals surface area contributed by atoms with Crippen molar-refractivity contribution in [2.75, 3.05) is 6.61 Å². The first-order valence-electron chi connectivity index (χ1n) is 7.84. The zero-order chi connectivity index (χ0) is 22.2. The van der Waals surface area contributed by atoms with Crippen molar-refractivity contribution in [1.29, 1.82) is 0 Å². The molecule has 0 aromatic heterocycles.